The van der Waals surface area contributed by atoms with E-state index in [9.17, 15) is 14.7 Å². The number of hydrogen-bond acceptors (Lipinski definition) is 6. The molecule has 1 saturated heterocycles. The zero-order valence-corrected chi connectivity index (χ0v) is 20.1. The Morgan fingerprint density at radius 2 is 1.63 bits per heavy atom. The van der Waals surface area contributed by atoms with Gasteiger partial charge in [-0.15, -0.1) is 0 Å². The number of ketones is 1. The van der Waals surface area contributed by atoms with Gasteiger partial charge in [0.2, 0.25) is 0 Å². The number of aliphatic hydroxyl groups excluding tert-OH is 1. The Balaban J connectivity index is 1.95. The third-order valence-corrected chi connectivity index (χ3v) is 5.99. The van der Waals surface area contributed by atoms with Crippen LogP contribution in [0.1, 0.15) is 29.7 Å². The SMILES string of the molecule is CCOc1ccc(C2/C(=C(/O)c3ccc(OC)cc3OC)C(=O)C(=O)N2c2ccccc2C)cc1. The summed E-state index contributed by atoms with van der Waals surface area (Å²) in [5.74, 6) is -0.301. The Hall–Kier alpha value is -4.26. The number of Topliss-reactive ketones (excluding diaryl/α,β-unsaturated/α-hetero) is 1. The summed E-state index contributed by atoms with van der Waals surface area (Å²) in [6.07, 6.45) is 0. The van der Waals surface area contributed by atoms with Gasteiger partial charge in [-0.1, -0.05) is 30.3 Å². The van der Waals surface area contributed by atoms with Gasteiger partial charge in [0.15, 0.2) is 0 Å². The largest absolute Gasteiger partial charge is 0.507 e. The molecule has 0 aliphatic carbocycles. The summed E-state index contributed by atoms with van der Waals surface area (Å²) in [4.78, 5) is 28.2. The molecule has 1 heterocycles. The van der Waals surface area contributed by atoms with Crippen LogP contribution in [-0.2, 0) is 9.59 Å². The van der Waals surface area contributed by atoms with Crippen LogP contribution in [0.25, 0.3) is 5.76 Å². The number of aryl methyl sites for hydroxylation is 1. The molecule has 1 amide bonds. The van der Waals surface area contributed by atoms with Crippen LogP contribution < -0.4 is 19.1 Å². The summed E-state index contributed by atoms with van der Waals surface area (Å²) in [6.45, 7) is 4.28. The second kappa shape index (κ2) is 9.93. The van der Waals surface area contributed by atoms with Gasteiger partial charge in [0.25, 0.3) is 11.7 Å². The molecule has 0 radical (unpaired) electrons. The van der Waals surface area contributed by atoms with Crippen molar-refractivity contribution in [3.8, 4) is 17.2 Å². The van der Waals surface area contributed by atoms with Crippen molar-refractivity contribution in [1.29, 1.82) is 0 Å². The fourth-order valence-corrected chi connectivity index (χ4v) is 4.28. The van der Waals surface area contributed by atoms with E-state index < -0.39 is 17.7 Å². The van der Waals surface area contributed by atoms with Crippen molar-refractivity contribution in [2.24, 2.45) is 0 Å². The number of methoxy groups -OCH3 is 2. The van der Waals surface area contributed by atoms with Crippen LogP contribution in [-0.4, -0.2) is 37.6 Å². The third-order valence-electron chi connectivity index (χ3n) is 5.99. The van der Waals surface area contributed by atoms with Gasteiger partial charge >= 0.3 is 0 Å². The molecule has 0 saturated carbocycles. The van der Waals surface area contributed by atoms with Crippen LogP contribution in [0.3, 0.4) is 0 Å². The van der Waals surface area contributed by atoms with E-state index in [1.54, 1.807) is 48.5 Å². The highest BCUT2D eigenvalue weighted by atomic mass is 16.5. The number of para-hydroxylation sites is 1. The summed E-state index contributed by atoms with van der Waals surface area (Å²) >= 11 is 0. The molecule has 3 aromatic carbocycles. The lowest BCUT2D eigenvalue weighted by Gasteiger charge is -2.27. The molecule has 35 heavy (non-hydrogen) atoms. The molecule has 0 bridgehead atoms. The van der Waals surface area contributed by atoms with Crippen LogP contribution in [0.4, 0.5) is 5.69 Å². The van der Waals surface area contributed by atoms with E-state index in [0.717, 1.165) is 5.56 Å². The number of hydrogen-bond donors (Lipinski definition) is 1. The number of rotatable bonds is 7. The highest BCUT2D eigenvalue weighted by molar-refractivity contribution is 6.51. The molecule has 180 valence electrons. The van der Waals surface area contributed by atoms with Gasteiger partial charge in [0.1, 0.15) is 23.0 Å². The van der Waals surface area contributed by atoms with Crippen LogP contribution in [0.5, 0.6) is 17.2 Å². The summed E-state index contributed by atoms with van der Waals surface area (Å²) in [7, 11) is 2.98. The molecule has 1 aliphatic rings. The number of carbonyl (C=O) groups is 2. The highest BCUT2D eigenvalue weighted by Gasteiger charge is 2.47. The number of benzene rings is 3. The van der Waals surface area contributed by atoms with Crippen LogP contribution >= 0.6 is 0 Å². The first-order valence-electron chi connectivity index (χ1n) is 11.2. The lowest BCUT2D eigenvalue weighted by atomic mass is 9.94. The van der Waals surface area contributed by atoms with Crippen molar-refractivity contribution in [3.05, 3.63) is 89.0 Å². The van der Waals surface area contributed by atoms with Gasteiger partial charge in [0, 0.05) is 11.8 Å². The van der Waals surface area contributed by atoms with Gasteiger partial charge in [-0.05, 0) is 55.3 Å². The summed E-state index contributed by atoms with van der Waals surface area (Å²) in [5, 5.41) is 11.4. The molecule has 0 aromatic heterocycles. The number of anilines is 1. The normalized spacial score (nSPS) is 16.9. The van der Waals surface area contributed by atoms with Crippen LogP contribution in [0.2, 0.25) is 0 Å². The minimum absolute atomic E-state index is 0.0223. The summed E-state index contributed by atoms with van der Waals surface area (Å²) in [5.41, 5.74) is 2.34. The highest BCUT2D eigenvalue weighted by Crippen LogP contribution is 2.44. The van der Waals surface area contributed by atoms with Crippen LogP contribution in [0.15, 0.2) is 72.3 Å². The molecule has 1 fully saturated rings. The van der Waals surface area contributed by atoms with Crippen molar-refractivity contribution in [2.45, 2.75) is 19.9 Å². The first-order valence-corrected chi connectivity index (χ1v) is 11.2. The first-order chi connectivity index (χ1) is 16.9. The van der Waals surface area contributed by atoms with E-state index in [2.05, 4.69) is 0 Å². The minimum atomic E-state index is -0.849. The zero-order chi connectivity index (χ0) is 25.1. The number of aliphatic hydroxyl groups is 1. The van der Waals surface area contributed by atoms with Gasteiger partial charge in [-0.25, -0.2) is 0 Å². The van der Waals surface area contributed by atoms with Crippen molar-refractivity contribution in [2.75, 3.05) is 25.7 Å². The Labute approximate surface area is 204 Å². The third kappa shape index (κ3) is 4.33. The standard InChI is InChI=1S/C28H27NO6/c1-5-35-19-12-10-18(11-13-19)25-24(26(30)21-15-14-20(33-3)16-23(21)34-4)27(31)28(32)29(25)22-9-7-6-8-17(22)2/h6-16,25,30H,5H2,1-4H3/b26-24-. The van der Waals surface area contributed by atoms with Crippen molar-refractivity contribution >= 4 is 23.1 Å². The maximum atomic E-state index is 13.4. The maximum Gasteiger partial charge on any atom is 0.300 e. The zero-order valence-electron chi connectivity index (χ0n) is 20.1. The van der Waals surface area contributed by atoms with E-state index in [4.69, 9.17) is 14.2 Å². The molecule has 7 heteroatoms. The molecular formula is C28H27NO6. The van der Waals surface area contributed by atoms with Gasteiger partial charge in [-0.3, -0.25) is 14.5 Å². The number of ether oxygens (including phenoxy) is 3. The number of nitrogens with zero attached hydrogens (tertiary/aromatic N) is 1. The van der Waals surface area contributed by atoms with Crippen LogP contribution in [0, 0.1) is 6.92 Å². The summed E-state index contributed by atoms with van der Waals surface area (Å²) in [6, 6.07) is 18.5. The molecule has 1 N–H and O–H groups in total. The lowest BCUT2D eigenvalue weighted by Crippen LogP contribution is -2.30. The fraction of sp³-hybridized carbons (Fsp3) is 0.214. The number of carbonyl (C=O) groups excluding carboxylic acids is 2. The Morgan fingerprint density at radius 3 is 2.26 bits per heavy atom. The average molecular weight is 474 g/mol. The lowest BCUT2D eigenvalue weighted by molar-refractivity contribution is -0.132. The average Bonchev–Trinajstić information content (AvgIpc) is 3.14. The van der Waals surface area contributed by atoms with Crippen molar-refractivity contribution in [1.82, 2.24) is 0 Å². The molecule has 1 atom stereocenters. The van der Waals surface area contributed by atoms with Gasteiger partial charge < -0.3 is 19.3 Å². The second-order valence-electron chi connectivity index (χ2n) is 8.02. The predicted molar refractivity (Wildman–Crippen MR) is 133 cm³/mol. The van der Waals surface area contributed by atoms with E-state index in [1.807, 2.05) is 32.0 Å². The second-order valence-corrected chi connectivity index (χ2v) is 8.02. The monoisotopic (exact) mass is 473 g/mol. The Bertz CT molecular complexity index is 1300. The molecule has 0 spiro atoms. The molecule has 1 aliphatic heterocycles. The Morgan fingerprint density at radius 1 is 0.943 bits per heavy atom. The number of amides is 1. The maximum absolute atomic E-state index is 13.4. The van der Waals surface area contributed by atoms with E-state index >= 15 is 0 Å². The van der Waals surface area contributed by atoms with Crippen molar-refractivity contribution < 1.29 is 28.9 Å². The molecule has 1 unspecified atom stereocenters. The molecule has 3 aromatic rings. The topological polar surface area (TPSA) is 85.3 Å². The van der Waals surface area contributed by atoms with E-state index in [0.29, 0.717) is 35.1 Å². The predicted octanol–water partition coefficient (Wildman–Crippen LogP) is 5.04. The van der Waals surface area contributed by atoms with Crippen molar-refractivity contribution in [3.63, 3.8) is 0 Å². The molecule has 7 nitrogen and oxygen atoms in total. The van der Waals surface area contributed by atoms with Gasteiger partial charge in [0.05, 0.1) is 38.0 Å². The summed E-state index contributed by atoms with van der Waals surface area (Å²) < 4.78 is 16.2. The molecular weight excluding hydrogens is 446 g/mol. The van der Waals surface area contributed by atoms with Gasteiger partial charge in [-0.2, -0.15) is 0 Å². The van der Waals surface area contributed by atoms with E-state index in [1.165, 1.54) is 19.1 Å². The smallest absolute Gasteiger partial charge is 0.300 e. The first kappa shape index (κ1) is 23.9. The van der Waals surface area contributed by atoms with E-state index in [-0.39, 0.29) is 16.9 Å². The quantitative estimate of drug-likeness (QED) is 0.294. The Kier molecular flexibility index (Phi) is 6.78. The fourth-order valence-electron chi connectivity index (χ4n) is 4.28. The molecule has 4 rings (SSSR count). The minimum Gasteiger partial charge on any atom is -0.507 e.